The van der Waals surface area contributed by atoms with E-state index in [1.54, 1.807) is 0 Å². The van der Waals surface area contributed by atoms with Crippen molar-refractivity contribution in [1.29, 1.82) is 0 Å². The van der Waals surface area contributed by atoms with E-state index < -0.39 is 0 Å². The van der Waals surface area contributed by atoms with Gasteiger partial charge in [-0.3, -0.25) is 4.90 Å². The van der Waals surface area contributed by atoms with E-state index in [0.717, 1.165) is 6.54 Å². The van der Waals surface area contributed by atoms with Gasteiger partial charge in [-0.25, -0.2) is 0 Å². The Morgan fingerprint density at radius 3 is 2.22 bits per heavy atom. The zero-order valence-electron chi connectivity index (χ0n) is 16.0. The third kappa shape index (κ3) is 3.65. The average molecular weight is 351 g/mol. The Hall–Kier alpha value is -2.90. The Morgan fingerprint density at radius 1 is 0.704 bits per heavy atom. The minimum Gasteiger partial charge on any atom is -0.295 e. The summed E-state index contributed by atoms with van der Waals surface area (Å²) in [5, 5.41) is 2.65. The molecule has 4 rings (SSSR count). The lowest BCUT2D eigenvalue weighted by molar-refractivity contribution is 0.255. The molecule has 0 heterocycles. The lowest BCUT2D eigenvalue weighted by Gasteiger charge is -2.27. The monoisotopic (exact) mass is 351 g/mol. The van der Waals surface area contributed by atoms with Gasteiger partial charge < -0.3 is 0 Å². The van der Waals surface area contributed by atoms with Crippen LogP contribution < -0.4 is 0 Å². The molecule has 0 bridgehead atoms. The summed E-state index contributed by atoms with van der Waals surface area (Å²) in [4.78, 5) is 2.43. The van der Waals surface area contributed by atoms with E-state index in [-0.39, 0.29) is 0 Å². The third-order valence-corrected chi connectivity index (χ3v) is 5.46. The average Bonchev–Trinajstić information content (AvgIpc) is 2.74. The normalized spacial score (nSPS) is 12.4. The largest absolute Gasteiger partial charge is 0.295 e. The molecule has 134 valence electrons. The van der Waals surface area contributed by atoms with E-state index >= 15 is 0 Å². The SMILES string of the molecule is C[C@H](c1cccc2ccccc12)N(C)Cc1ccccc1-c1ccccc1. The molecular weight excluding hydrogens is 326 g/mol. The first-order chi connectivity index (χ1) is 13.2. The zero-order valence-corrected chi connectivity index (χ0v) is 16.0. The fourth-order valence-electron chi connectivity index (χ4n) is 3.82. The first kappa shape index (κ1) is 17.5. The van der Waals surface area contributed by atoms with Crippen LogP contribution >= 0.6 is 0 Å². The molecule has 1 atom stereocenters. The molecule has 4 aromatic carbocycles. The van der Waals surface area contributed by atoms with Crippen molar-refractivity contribution < 1.29 is 0 Å². The van der Waals surface area contributed by atoms with Gasteiger partial charge in [0.25, 0.3) is 0 Å². The van der Waals surface area contributed by atoms with Crippen LogP contribution in [0, 0.1) is 0 Å². The van der Waals surface area contributed by atoms with Crippen LogP contribution in [0.5, 0.6) is 0 Å². The third-order valence-electron chi connectivity index (χ3n) is 5.46. The number of benzene rings is 4. The molecule has 0 aliphatic rings. The Morgan fingerprint density at radius 2 is 1.37 bits per heavy atom. The summed E-state index contributed by atoms with van der Waals surface area (Å²) in [6.45, 7) is 3.21. The maximum Gasteiger partial charge on any atom is 0.0326 e. The van der Waals surface area contributed by atoms with E-state index in [1.165, 1.54) is 33.0 Å². The van der Waals surface area contributed by atoms with Crippen LogP contribution in [0.1, 0.15) is 24.1 Å². The minimum absolute atomic E-state index is 0.333. The standard InChI is InChI=1S/C26H25N/c1-20(24-18-10-15-22-13-6-9-17-26(22)24)27(2)19-23-14-7-8-16-25(23)21-11-4-3-5-12-21/h3-18,20H,19H2,1-2H3/t20-/m1/s1. The fraction of sp³-hybridized carbons (Fsp3) is 0.154. The Labute approximate surface area is 161 Å². The van der Waals surface area contributed by atoms with E-state index in [1.807, 2.05) is 0 Å². The molecule has 1 heteroatoms. The summed E-state index contributed by atoms with van der Waals surface area (Å²) < 4.78 is 0. The van der Waals surface area contributed by atoms with Crippen LogP contribution in [0.4, 0.5) is 0 Å². The van der Waals surface area contributed by atoms with Gasteiger partial charge in [0, 0.05) is 12.6 Å². The van der Waals surface area contributed by atoms with Gasteiger partial charge in [-0.1, -0.05) is 97.1 Å². The number of nitrogens with zero attached hydrogens (tertiary/aromatic N) is 1. The Bertz CT molecular complexity index is 1030. The molecule has 0 saturated carbocycles. The molecular formula is C26H25N. The maximum absolute atomic E-state index is 2.43. The van der Waals surface area contributed by atoms with Crippen LogP contribution in [-0.2, 0) is 6.54 Å². The van der Waals surface area contributed by atoms with Crippen LogP contribution in [-0.4, -0.2) is 11.9 Å². The number of fused-ring (bicyclic) bond motifs is 1. The van der Waals surface area contributed by atoms with Crippen molar-refractivity contribution in [3.8, 4) is 11.1 Å². The number of hydrogen-bond donors (Lipinski definition) is 0. The van der Waals surface area contributed by atoms with Crippen LogP contribution in [0.3, 0.4) is 0 Å². The van der Waals surface area contributed by atoms with Gasteiger partial charge in [0.15, 0.2) is 0 Å². The predicted octanol–water partition coefficient (Wildman–Crippen LogP) is 6.70. The highest BCUT2D eigenvalue weighted by molar-refractivity contribution is 5.86. The van der Waals surface area contributed by atoms with E-state index in [9.17, 15) is 0 Å². The van der Waals surface area contributed by atoms with Gasteiger partial charge in [-0.05, 0) is 47.0 Å². The smallest absolute Gasteiger partial charge is 0.0326 e. The molecule has 0 fully saturated rings. The molecule has 0 saturated heterocycles. The topological polar surface area (TPSA) is 3.24 Å². The van der Waals surface area contributed by atoms with Gasteiger partial charge in [0.1, 0.15) is 0 Å². The second kappa shape index (κ2) is 7.77. The summed E-state index contributed by atoms with van der Waals surface area (Å²) in [7, 11) is 2.22. The number of hydrogen-bond acceptors (Lipinski definition) is 1. The first-order valence-electron chi connectivity index (χ1n) is 9.55. The van der Waals surface area contributed by atoms with Crippen molar-refractivity contribution in [2.75, 3.05) is 7.05 Å². The summed E-state index contributed by atoms with van der Waals surface area (Å²) in [5.74, 6) is 0. The summed E-state index contributed by atoms with van der Waals surface area (Å²) in [5.41, 5.74) is 5.33. The van der Waals surface area contributed by atoms with Gasteiger partial charge in [-0.15, -0.1) is 0 Å². The van der Waals surface area contributed by atoms with E-state index in [2.05, 4.69) is 116 Å². The van der Waals surface area contributed by atoms with E-state index in [0.29, 0.717) is 6.04 Å². The Kier molecular flexibility index (Phi) is 5.04. The molecule has 0 aliphatic heterocycles. The summed E-state index contributed by atoms with van der Waals surface area (Å²) >= 11 is 0. The molecule has 27 heavy (non-hydrogen) atoms. The van der Waals surface area contributed by atoms with Crippen molar-refractivity contribution >= 4 is 10.8 Å². The lowest BCUT2D eigenvalue weighted by Crippen LogP contribution is -2.22. The highest BCUT2D eigenvalue weighted by Crippen LogP contribution is 2.30. The maximum atomic E-state index is 2.43. The summed E-state index contributed by atoms with van der Waals surface area (Å²) in [6, 6.07) is 35.0. The predicted molar refractivity (Wildman–Crippen MR) is 116 cm³/mol. The quantitative estimate of drug-likeness (QED) is 0.387. The minimum atomic E-state index is 0.333. The second-order valence-corrected chi connectivity index (χ2v) is 7.18. The van der Waals surface area contributed by atoms with Gasteiger partial charge >= 0.3 is 0 Å². The second-order valence-electron chi connectivity index (χ2n) is 7.18. The van der Waals surface area contributed by atoms with Crippen LogP contribution in [0.15, 0.2) is 97.1 Å². The van der Waals surface area contributed by atoms with Crippen molar-refractivity contribution in [1.82, 2.24) is 4.90 Å². The lowest BCUT2D eigenvalue weighted by atomic mass is 9.97. The zero-order chi connectivity index (χ0) is 18.6. The molecule has 0 N–H and O–H groups in total. The molecule has 0 amide bonds. The molecule has 0 unspecified atom stereocenters. The Balaban J connectivity index is 1.64. The van der Waals surface area contributed by atoms with Gasteiger partial charge in [-0.2, -0.15) is 0 Å². The summed E-state index contributed by atoms with van der Waals surface area (Å²) in [6.07, 6.45) is 0. The highest BCUT2D eigenvalue weighted by atomic mass is 15.1. The van der Waals surface area contributed by atoms with Gasteiger partial charge in [0.2, 0.25) is 0 Å². The van der Waals surface area contributed by atoms with E-state index in [4.69, 9.17) is 0 Å². The van der Waals surface area contributed by atoms with Crippen molar-refractivity contribution in [2.24, 2.45) is 0 Å². The first-order valence-corrected chi connectivity index (χ1v) is 9.55. The van der Waals surface area contributed by atoms with Crippen LogP contribution in [0.25, 0.3) is 21.9 Å². The van der Waals surface area contributed by atoms with Gasteiger partial charge in [0.05, 0.1) is 0 Å². The molecule has 0 aliphatic carbocycles. The molecule has 0 spiro atoms. The highest BCUT2D eigenvalue weighted by Gasteiger charge is 2.16. The van der Waals surface area contributed by atoms with Crippen molar-refractivity contribution in [2.45, 2.75) is 19.5 Å². The fourth-order valence-corrected chi connectivity index (χ4v) is 3.82. The van der Waals surface area contributed by atoms with Crippen LogP contribution in [0.2, 0.25) is 0 Å². The molecule has 0 aromatic heterocycles. The molecule has 1 nitrogen and oxygen atoms in total. The molecule has 0 radical (unpaired) electrons. The molecule has 4 aromatic rings. The van der Waals surface area contributed by atoms with Crippen molar-refractivity contribution in [3.63, 3.8) is 0 Å². The number of rotatable bonds is 5. The van der Waals surface area contributed by atoms with Crippen molar-refractivity contribution in [3.05, 3.63) is 108 Å².